The van der Waals surface area contributed by atoms with Crippen LogP contribution in [0.1, 0.15) is 25.3 Å². The molecule has 1 aromatic rings. The van der Waals surface area contributed by atoms with Crippen molar-refractivity contribution >= 4 is 8.56 Å². The molecule has 4 heteroatoms. The molecule has 0 aliphatic rings. The van der Waals surface area contributed by atoms with Crippen molar-refractivity contribution in [2.45, 2.75) is 39.5 Å². The van der Waals surface area contributed by atoms with Gasteiger partial charge in [-0.1, -0.05) is 18.2 Å². The molecule has 100 valence electrons. The minimum Gasteiger partial charge on any atom is -0.394 e. The highest BCUT2D eigenvalue weighted by molar-refractivity contribution is 6.64. The molecule has 0 aromatic carbocycles. The Bertz CT molecular complexity index is 352. The maximum atomic E-state index is 5.88. The van der Waals surface area contributed by atoms with Crippen molar-refractivity contribution in [3.05, 3.63) is 42.2 Å². The summed E-state index contributed by atoms with van der Waals surface area (Å²) in [6.07, 6.45) is 9.96. The lowest BCUT2D eigenvalue weighted by Crippen LogP contribution is -2.34. The average Bonchev–Trinajstić information content (AvgIpc) is 2.38. The fourth-order valence-corrected chi connectivity index (χ4v) is 2.70. The molecule has 1 rings (SSSR count). The van der Waals surface area contributed by atoms with Crippen LogP contribution in [0.3, 0.4) is 0 Å². The highest BCUT2D eigenvalue weighted by Gasteiger charge is 2.24. The number of hydrogen-bond donors (Lipinski definition) is 0. The topological polar surface area (TPSA) is 31.4 Å². The first-order valence-electron chi connectivity index (χ1n) is 6.42. The molecule has 1 heterocycles. The predicted molar refractivity (Wildman–Crippen MR) is 76.5 cm³/mol. The Morgan fingerprint density at radius 3 is 2.83 bits per heavy atom. The lowest BCUT2D eigenvalue weighted by molar-refractivity contribution is 0.170. The first kappa shape index (κ1) is 15.1. The molecule has 0 aliphatic carbocycles. The largest absolute Gasteiger partial charge is 0.394 e. The van der Waals surface area contributed by atoms with Crippen molar-refractivity contribution in [1.29, 1.82) is 0 Å². The minimum atomic E-state index is -2.00. The maximum absolute atomic E-state index is 5.88. The van der Waals surface area contributed by atoms with E-state index in [-0.39, 0.29) is 0 Å². The van der Waals surface area contributed by atoms with Crippen molar-refractivity contribution in [1.82, 2.24) is 4.98 Å². The standard InChI is InChI=1S/C14H23NO2Si/c1-4-5-6-7-11-16-18(2,3)17-13-14-9-8-10-15-12-14/h4-5,8-10,12H,6-7,11,13H2,1-3H3/b5-4+. The highest BCUT2D eigenvalue weighted by Crippen LogP contribution is 2.11. The number of unbranched alkanes of at least 4 members (excludes halogenated alkanes) is 1. The fourth-order valence-electron chi connectivity index (χ4n) is 1.47. The van der Waals surface area contributed by atoms with E-state index in [2.05, 4.69) is 30.2 Å². The van der Waals surface area contributed by atoms with Crippen LogP contribution in [0.5, 0.6) is 0 Å². The highest BCUT2D eigenvalue weighted by atomic mass is 28.4. The zero-order valence-corrected chi connectivity index (χ0v) is 12.6. The lowest BCUT2D eigenvalue weighted by atomic mass is 10.3. The minimum absolute atomic E-state index is 0.585. The van der Waals surface area contributed by atoms with Crippen molar-refractivity contribution in [2.24, 2.45) is 0 Å². The Morgan fingerprint density at radius 2 is 2.17 bits per heavy atom. The third kappa shape index (κ3) is 6.69. The van der Waals surface area contributed by atoms with Crippen molar-refractivity contribution in [3.63, 3.8) is 0 Å². The van der Waals surface area contributed by atoms with E-state index in [9.17, 15) is 0 Å². The zero-order valence-electron chi connectivity index (χ0n) is 11.6. The molecular weight excluding hydrogens is 242 g/mol. The molecule has 0 unspecified atom stereocenters. The van der Waals surface area contributed by atoms with Gasteiger partial charge in [0.25, 0.3) is 0 Å². The van der Waals surface area contributed by atoms with Crippen LogP contribution in [-0.2, 0) is 15.5 Å². The van der Waals surface area contributed by atoms with Crippen LogP contribution in [-0.4, -0.2) is 20.2 Å². The van der Waals surface area contributed by atoms with Crippen LogP contribution in [0.4, 0.5) is 0 Å². The Hall–Kier alpha value is -0.973. The van der Waals surface area contributed by atoms with E-state index < -0.39 is 8.56 Å². The molecule has 0 bridgehead atoms. The zero-order chi connectivity index (χ0) is 13.3. The summed E-state index contributed by atoms with van der Waals surface area (Å²) in [5, 5.41) is 0. The summed E-state index contributed by atoms with van der Waals surface area (Å²) in [6, 6.07) is 3.94. The molecule has 0 N–H and O–H groups in total. The molecule has 0 aliphatic heterocycles. The van der Waals surface area contributed by atoms with Crippen LogP contribution in [0, 0.1) is 0 Å². The maximum Gasteiger partial charge on any atom is 0.332 e. The quantitative estimate of drug-likeness (QED) is 0.408. The number of rotatable bonds is 8. The third-order valence-electron chi connectivity index (χ3n) is 2.51. The lowest BCUT2D eigenvalue weighted by Gasteiger charge is -2.22. The molecule has 0 saturated carbocycles. The van der Waals surface area contributed by atoms with Crippen molar-refractivity contribution in [3.8, 4) is 0 Å². The second-order valence-corrected chi connectivity index (χ2v) is 7.99. The van der Waals surface area contributed by atoms with Crippen LogP contribution in [0.15, 0.2) is 36.7 Å². The third-order valence-corrected chi connectivity index (χ3v) is 4.25. The number of pyridine rings is 1. The summed E-state index contributed by atoms with van der Waals surface area (Å²) in [7, 11) is -2.00. The number of hydrogen-bond acceptors (Lipinski definition) is 3. The summed E-state index contributed by atoms with van der Waals surface area (Å²) in [4.78, 5) is 4.07. The second-order valence-electron chi connectivity index (χ2n) is 4.61. The van der Waals surface area contributed by atoms with E-state index >= 15 is 0 Å². The van der Waals surface area contributed by atoms with Crippen LogP contribution < -0.4 is 0 Å². The van der Waals surface area contributed by atoms with Crippen LogP contribution >= 0.6 is 0 Å². The van der Waals surface area contributed by atoms with E-state index in [1.54, 1.807) is 6.20 Å². The first-order valence-corrected chi connectivity index (χ1v) is 9.23. The Labute approximate surface area is 111 Å². The van der Waals surface area contributed by atoms with Gasteiger partial charge in [0, 0.05) is 19.0 Å². The van der Waals surface area contributed by atoms with Gasteiger partial charge >= 0.3 is 8.56 Å². The number of aromatic nitrogens is 1. The monoisotopic (exact) mass is 265 g/mol. The van der Waals surface area contributed by atoms with E-state index in [0.29, 0.717) is 6.61 Å². The second kappa shape index (κ2) is 8.19. The van der Waals surface area contributed by atoms with Gasteiger partial charge in [-0.05, 0) is 44.5 Å². The van der Waals surface area contributed by atoms with Gasteiger partial charge in [-0.3, -0.25) is 4.98 Å². The van der Waals surface area contributed by atoms with E-state index in [0.717, 1.165) is 25.0 Å². The van der Waals surface area contributed by atoms with Crippen molar-refractivity contribution < 1.29 is 8.85 Å². The fraction of sp³-hybridized carbons (Fsp3) is 0.500. The van der Waals surface area contributed by atoms with Crippen LogP contribution in [0.2, 0.25) is 13.1 Å². The summed E-state index contributed by atoms with van der Waals surface area (Å²) in [6.45, 7) is 7.56. The molecular formula is C14H23NO2Si. The van der Waals surface area contributed by atoms with Gasteiger partial charge in [0.05, 0.1) is 6.61 Å². The van der Waals surface area contributed by atoms with Crippen molar-refractivity contribution in [2.75, 3.05) is 6.61 Å². The molecule has 0 saturated heterocycles. The SMILES string of the molecule is C/C=C/CCCO[Si](C)(C)OCc1cccnc1. The number of allylic oxidation sites excluding steroid dienone is 2. The normalized spacial score (nSPS) is 12.2. The number of nitrogens with zero attached hydrogens (tertiary/aromatic N) is 1. The van der Waals surface area contributed by atoms with E-state index in [4.69, 9.17) is 8.85 Å². The van der Waals surface area contributed by atoms with Crippen LogP contribution in [0.25, 0.3) is 0 Å². The van der Waals surface area contributed by atoms with E-state index in [1.807, 2.05) is 25.3 Å². The molecule has 0 fully saturated rings. The summed E-state index contributed by atoms with van der Waals surface area (Å²) >= 11 is 0. The predicted octanol–water partition coefficient (Wildman–Crippen LogP) is 3.67. The average molecular weight is 265 g/mol. The molecule has 18 heavy (non-hydrogen) atoms. The van der Waals surface area contributed by atoms with E-state index in [1.165, 1.54) is 0 Å². The summed E-state index contributed by atoms with van der Waals surface area (Å²) in [5.74, 6) is 0. The Kier molecular flexibility index (Phi) is 6.86. The smallest absolute Gasteiger partial charge is 0.332 e. The molecule has 0 amide bonds. The van der Waals surface area contributed by atoms with Gasteiger partial charge in [-0.2, -0.15) is 0 Å². The van der Waals surface area contributed by atoms with Gasteiger partial charge in [-0.15, -0.1) is 0 Å². The molecule has 0 spiro atoms. The first-order chi connectivity index (χ1) is 8.64. The molecule has 1 aromatic heterocycles. The van der Waals surface area contributed by atoms with Gasteiger partial charge in [0.1, 0.15) is 0 Å². The summed E-state index contributed by atoms with van der Waals surface area (Å²) in [5.41, 5.74) is 1.09. The van der Waals surface area contributed by atoms with Gasteiger partial charge in [-0.25, -0.2) is 0 Å². The molecule has 3 nitrogen and oxygen atoms in total. The van der Waals surface area contributed by atoms with Gasteiger partial charge in [0.15, 0.2) is 0 Å². The Morgan fingerprint density at radius 1 is 1.33 bits per heavy atom. The Balaban J connectivity index is 2.22. The molecule has 0 atom stereocenters. The summed E-state index contributed by atoms with van der Waals surface area (Å²) < 4.78 is 11.7. The van der Waals surface area contributed by atoms with Gasteiger partial charge < -0.3 is 8.85 Å². The van der Waals surface area contributed by atoms with Gasteiger partial charge in [0.2, 0.25) is 0 Å². The molecule has 0 radical (unpaired) electrons.